The zero-order valence-corrected chi connectivity index (χ0v) is 9.10. The molecule has 2 N–H and O–H groups in total. The Morgan fingerprint density at radius 1 is 1.29 bits per heavy atom. The van der Waals surface area contributed by atoms with Crippen molar-refractivity contribution in [3.8, 4) is 0 Å². The number of hydrogen-bond acceptors (Lipinski definition) is 3. The van der Waals surface area contributed by atoms with Crippen LogP contribution in [0.5, 0.6) is 0 Å². The van der Waals surface area contributed by atoms with Crippen LogP contribution in [0.1, 0.15) is 25.7 Å². The van der Waals surface area contributed by atoms with E-state index in [9.17, 15) is 0 Å². The minimum absolute atomic E-state index is 0.744. The molecule has 1 atom stereocenters. The van der Waals surface area contributed by atoms with Gasteiger partial charge in [0.05, 0.1) is 0 Å². The largest absolute Gasteiger partial charge is 0.315 e. The monoisotopic (exact) mass is 197 g/mol. The highest BCUT2D eigenvalue weighted by Gasteiger charge is 2.13. The molecule has 2 rings (SSSR count). The Kier molecular flexibility index (Phi) is 4.22. The van der Waals surface area contributed by atoms with Gasteiger partial charge in [-0.2, -0.15) is 0 Å². The molecule has 2 fully saturated rings. The Morgan fingerprint density at radius 2 is 2.14 bits per heavy atom. The molecule has 0 radical (unpaired) electrons. The van der Waals surface area contributed by atoms with Gasteiger partial charge in [0.15, 0.2) is 0 Å². The Labute approximate surface area is 87.2 Å². The van der Waals surface area contributed by atoms with Gasteiger partial charge < -0.3 is 15.5 Å². The minimum Gasteiger partial charge on any atom is -0.315 e. The Balaban J connectivity index is 1.46. The quantitative estimate of drug-likeness (QED) is 0.626. The van der Waals surface area contributed by atoms with Crippen LogP contribution in [0.25, 0.3) is 0 Å². The van der Waals surface area contributed by atoms with Gasteiger partial charge in [-0.3, -0.25) is 0 Å². The third kappa shape index (κ3) is 3.23. The van der Waals surface area contributed by atoms with Gasteiger partial charge in [0.25, 0.3) is 0 Å². The molecule has 14 heavy (non-hydrogen) atoms. The summed E-state index contributed by atoms with van der Waals surface area (Å²) >= 11 is 0. The van der Waals surface area contributed by atoms with E-state index >= 15 is 0 Å². The first kappa shape index (κ1) is 10.4. The van der Waals surface area contributed by atoms with E-state index in [-0.39, 0.29) is 0 Å². The zero-order valence-electron chi connectivity index (χ0n) is 9.10. The van der Waals surface area contributed by atoms with Crippen molar-refractivity contribution in [2.24, 2.45) is 0 Å². The summed E-state index contributed by atoms with van der Waals surface area (Å²) in [5.74, 6) is 0. The fraction of sp³-hybridized carbons (Fsp3) is 1.00. The Morgan fingerprint density at radius 3 is 2.86 bits per heavy atom. The molecule has 0 aromatic heterocycles. The van der Waals surface area contributed by atoms with E-state index in [0.717, 1.165) is 6.04 Å². The van der Waals surface area contributed by atoms with Crippen molar-refractivity contribution in [2.75, 3.05) is 39.3 Å². The summed E-state index contributed by atoms with van der Waals surface area (Å²) in [6, 6.07) is 0.744. The van der Waals surface area contributed by atoms with Crippen LogP contribution in [0.4, 0.5) is 0 Å². The molecule has 0 unspecified atom stereocenters. The highest BCUT2D eigenvalue weighted by atomic mass is 15.1. The van der Waals surface area contributed by atoms with Gasteiger partial charge in [0.2, 0.25) is 0 Å². The lowest BCUT2D eigenvalue weighted by atomic mass is 10.2. The first-order valence-electron chi connectivity index (χ1n) is 6.11. The normalized spacial score (nSPS) is 28.7. The smallest absolute Gasteiger partial charge is 0.0204 e. The van der Waals surface area contributed by atoms with E-state index in [2.05, 4.69) is 15.5 Å². The Hall–Kier alpha value is -0.120. The number of rotatable bonds is 5. The third-order valence-corrected chi connectivity index (χ3v) is 3.34. The average Bonchev–Trinajstić information content (AvgIpc) is 2.86. The second kappa shape index (κ2) is 5.69. The first-order chi connectivity index (χ1) is 6.95. The zero-order chi connectivity index (χ0) is 9.64. The predicted molar refractivity (Wildman–Crippen MR) is 59.6 cm³/mol. The van der Waals surface area contributed by atoms with Crippen LogP contribution in [0, 0.1) is 0 Å². The summed E-state index contributed by atoms with van der Waals surface area (Å²) in [6.45, 7) is 7.54. The van der Waals surface area contributed by atoms with Crippen LogP contribution in [-0.4, -0.2) is 50.2 Å². The summed E-state index contributed by atoms with van der Waals surface area (Å²) in [7, 11) is 0. The molecule has 2 aliphatic heterocycles. The van der Waals surface area contributed by atoms with Crippen molar-refractivity contribution in [3.05, 3.63) is 0 Å². The highest BCUT2D eigenvalue weighted by Crippen LogP contribution is 2.07. The number of nitrogens with one attached hydrogen (secondary N) is 2. The predicted octanol–water partition coefficient (Wildman–Crippen LogP) is 0.424. The van der Waals surface area contributed by atoms with E-state index in [1.807, 2.05) is 0 Å². The summed E-state index contributed by atoms with van der Waals surface area (Å²) < 4.78 is 0. The molecule has 2 aliphatic rings. The molecule has 3 nitrogen and oxygen atoms in total. The molecule has 0 spiro atoms. The van der Waals surface area contributed by atoms with Gasteiger partial charge in [0, 0.05) is 12.6 Å². The van der Waals surface area contributed by atoms with E-state index in [0.29, 0.717) is 0 Å². The fourth-order valence-electron chi connectivity index (χ4n) is 2.44. The second-order valence-electron chi connectivity index (χ2n) is 4.55. The van der Waals surface area contributed by atoms with E-state index in [1.165, 1.54) is 65.0 Å². The first-order valence-corrected chi connectivity index (χ1v) is 6.11. The maximum Gasteiger partial charge on any atom is 0.0204 e. The van der Waals surface area contributed by atoms with Crippen molar-refractivity contribution in [3.63, 3.8) is 0 Å². The van der Waals surface area contributed by atoms with Gasteiger partial charge in [0.1, 0.15) is 0 Å². The van der Waals surface area contributed by atoms with Crippen molar-refractivity contribution in [2.45, 2.75) is 31.7 Å². The van der Waals surface area contributed by atoms with Crippen LogP contribution in [0.15, 0.2) is 0 Å². The molecule has 0 aromatic carbocycles. The third-order valence-electron chi connectivity index (χ3n) is 3.34. The maximum absolute atomic E-state index is 3.62. The number of hydrogen-bond donors (Lipinski definition) is 2. The highest BCUT2D eigenvalue weighted by molar-refractivity contribution is 4.77. The summed E-state index contributed by atoms with van der Waals surface area (Å²) in [5.41, 5.74) is 0. The van der Waals surface area contributed by atoms with Gasteiger partial charge >= 0.3 is 0 Å². The molecular formula is C11H23N3. The second-order valence-corrected chi connectivity index (χ2v) is 4.55. The molecule has 0 aromatic rings. The average molecular weight is 197 g/mol. The van der Waals surface area contributed by atoms with Crippen LogP contribution < -0.4 is 10.6 Å². The minimum atomic E-state index is 0.744. The summed E-state index contributed by atoms with van der Waals surface area (Å²) in [5, 5.41) is 7.00. The topological polar surface area (TPSA) is 27.3 Å². The van der Waals surface area contributed by atoms with Gasteiger partial charge in [-0.05, 0) is 58.4 Å². The van der Waals surface area contributed by atoms with E-state index in [4.69, 9.17) is 0 Å². The molecule has 0 aliphatic carbocycles. The maximum atomic E-state index is 3.62. The molecule has 0 bridgehead atoms. The molecule has 2 heterocycles. The number of nitrogens with zero attached hydrogens (tertiary/aromatic N) is 1. The molecule has 0 saturated carbocycles. The van der Waals surface area contributed by atoms with E-state index < -0.39 is 0 Å². The van der Waals surface area contributed by atoms with Crippen molar-refractivity contribution in [1.29, 1.82) is 0 Å². The molecule has 0 amide bonds. The molecular weight excluding hydrogens is 174 g/mol. The van der Waals surface area contributed by atoms with Crippen LogP contribution in [-0.2, 0) is 0 Å². The van der Waals surface area contributed by atoms with Gasteiger partial charge in [-0.1, -0.05) is 0 Å². The van der Waals surface area contributed by atoms with Crippen LogP contribution in [0.3, 0.4) is 0 Å². The standard InChI is InChI=1S/C11H23N3/c1-2-8-14(7-1)9-3-5-13-11-4-6-12-10-11/h11-13H,1-10H2/t11-/m0/s1. The fourth-order valence-corrected chi connectivity index (χ4v) is 2.44. The molecule has 2 saturated heterocycles. The lowest BCUT2D eigenvalue weighted by Gasteiger charge is -2.16. The Bertz CT molecular complexity index is 131. The molecule has 82 valence electrons. The SMILES string of the molecule is C1CCN(CCCN[C@H]2CCNC2)C1. The number of likely N-dealkylation sites (tertiary alicyclic amines) is 1. The summed E-state index contributed by atoms with van der Waals surface area (Å²) in [6.07, 6.45) is 5.46. The van der Waals surface area contributed by atoms with Crippen LogP contribution in [0.2, 0.25) is 0 Å². The van der Waals surface area contributed by atoms with Crippen LogP contribution >= 0.6 is 0 Å². The van der Waals surface area contributed by atoms with Crippen molar-refractivity contribution >= 4 is 0 Å². The van der Waals surface area contributed by atoms with Gasteiger partial charge in [-0.25, -0.2) is 0 Å². The van der Waals surface area contributed by atoms with E-state index in [1.54, 1.807) is 0 Å². The van der Waals surface area contributed by atoms with Gasteiger partial charge in [-0.15, -0.1) is 0 Å². The lowest BCUT2D eigenvalue weighted by Crippen LogP contribution is -2.33. The van der Waals surface area contributed by atoms with Crippen molar-refractivity contribution < 1.29 is 0 Å². The lowest BCUT2D eigenvalue weighted by molar-refractivity contribution is 0.328. The summed E-state index contributed by atoms with van der Waals surface area (Å²) in [4.78, 5) is 2.59. The molecule has 3 heteroatoms. The van der Waals surface area contributed by atoms with Crippen molar-refractivity contribution in [1.82, 2.24) is 15.5 Å².